The molecule has 4 nitrogen and oxygen atoms in total. The lowest BCUT2D eigenvalue weighted by atomic mass is 9.95. The lowest BCUT2D eigenvalue weighted by Gasteiger charge is -2.22. The molecule has 0 radical (unpaired) electrons. The van der Waals surface area contributed by atoms with Crippen LogP contribution in [0.15, 0.2) is 30.6 Å². The van der Waals surface area contributed by atoms with Gasteiger partial charge in [-0.2, -0.15) is 0 Å². The minimum atomic E-state index is 0.708. The molecule has 2 aromatic rings. The quantitative estimate of drug-likeness (QED) is 0.913. The predicted octanol–water partition coefficient (Wildman–Crippen LogP) is 2.40. The van der Waals surface area contributed by atoms with Crippen molar-refractivity contribution in [3.8, 4) is 5.88 Å². The number of aromatic nitrogens is 2. The van der Waals surface area contributed by atoms with Gasteiger partial charge in [-0.15, -0.1) is 0 Å². The fourth-order valence-electron chi connectivity index (χ4n) is 2.59. The Morgan fingerprint density at radius 3 is 2.89 bits per heavy atom. The van der Waals surface area contributed by atoms with E-state index in [0.29, 0.717) is 5.88 Å². The van der Waals surface area contributed by atoms with E-state index in [0.717, 1.165) is 42.9 Å². The third-order valence-electron chi connectivity index (χ3n) is 3.73. The molecule has 1 aliphatic rings. The Morgan fingerprint density at radius 1 is 1.16 bits per heavy atom. The zero-order valence-corrected chi connectivity index (χ0v) is 11.0. The van der Waals surface area contributed by atoms with Crippen molar-refractivity contribution in [2.24, 2.45) is 5.92 Å². The highest BCUT2D eigenvalue weighted by atomic mass is 16.5. The summed E-state index contributed by atoms with van der Waals surface area (Å²) < 4.78 is 5.85. The van der Waals surface area contributed by atoms with Crippen LogP contribution in [-0.2, 0) is 0 Å². The number of hydrogen-bond donors (Lipinski definition) is 1. The molecule has 1 aromatic heterocycles. The van der Waals surface area contributed by atoms with Crippen LogP contribution < -0.4 is 10.1 Å². The van der Waals surface area contributed by atoms with Crippen LogP contribution in [0, 0.1) is 5.92 Å². The van der Waals surface area contributed by atoms with Gasteiger partial charge in [0.15, 0.2) is 0 Å². The van der Waals surface area contributed by atoms with Gasteiger partial charge in [-0.25, -0.2) is 9.97 Å². The largest absolute Gasteiger partial charge is 0.477 e. The molecule has 0 unspecified atom stereocenters. The van der Waals surface area contributed by atoms with Crippen molar-refractivity contribution in [1.82, 2.24) is 15.3 Å². The van der Waals surface area contributed by atoms with E-state index < -0.39 is 0 Å². The van der Waals surface area contributed by atoms with Crippen LogP contribution >= 0.6 is 0 Å². The first-order chi connectivity index (χ1) is 9.43. The monoisotopic (exact) mass is 257 g/mol. The van der Waals surface area contributed by atoms with Gasteiger partial charge in [-0.1, -0.05) is 12.1 Å². The van der Waals surface area contributed by atoms with E-state index in [2.05, 4.69) is 15.3 Å². The van der Waals surface area contributed by atoms with Crippen molar-refractivity contribution in [2.75, 3.05) is 19.7 Å². The lowest BCUT2D eigenvalue weighted by Crippen LogP contribution is -2.28. The van der Waals surface area contributed by atoms with Gasteiger partial charge in [0.05, 0.1) is 17.5 Å². The molecule has 0 saturated carbocycles. The molecule has 1 aliphatic heterocycles. The van der Waals surface area contributed by atoms with E-state index in [9.17, 15) is 0 Å². The summed E-state index contributed by atoms with van der Waals surface area (Å²) in [6.07, 6.45) is 5.20. The van der Waals surface area contributed by atoms with E-state index in [1.54, 1.807) is 6.33 Å². The van der Waals surface area contributed by atoms with Gasteiger partial charge in [0, 0.05) is 0 Å². The van der Waals surface area contributed by atoms with E-state index in [1.807, 2.05) is 24.3 Å². The molecule has 19 heavy (non-hydrogen) atoms. The Hall–Kier alpha value is -1.68. The summed E-state index contributed by atoms with van der Waals surface area (Å²) in [5, 5.41) is 4.38. The van der Waals surface area contributed by atoms with Gasteiger partial charge in [0.2, 0.25) is 5.88 Å². The van der Waals surface area contributed by atoms with Crippen LogP contribution in [0.1, 0.15) is 19.3 Å². The second-order valence-electron chi connectivity index (χ2n) is 5.03. The van der Waals surface area contributed by atoms with Crippen LogP contribution in [0.3, 0.4) is 0 Å². The van der Waals surface area contributed by atoms with Gasteiger partial charge in [0.25, 0.3) is 0 Å². The molecule has 0 bridgehead atoms. The Kier molecular flexibility index (Phi) is 3.89. The zero-order chi connectivity index (χ0) is 12.9. The second-order valence-corrected chi connectivity index (χ2v) is 5.03. The van der Waals surface area contributed by atoms with Crippen LogP contribution in [0.4, 0.5) is 0 Å². The van der Waals surface area contributed by atoms with Gasteiger partial charge >= 0.3 is 0 Å². The summed E-state index contributed by atoms with van der Waals surface area (Å²) in [4.78, 5) is 8.48. The Bertz CT molecular complexity index is 532. The molecule has 4 heteroatoms. The van der Waals surface area contributed by atoms with E-state index in [1.165, 1.54) is 12.8 Å². The maximum Gasteiger partial charge on any atom is 0.224 e. The molecule has 0 amide bonds. The minimum Gasteiger partial charge on any atom is -0.477 e. The maximum absolute atomic E-state index is 5.85. The van der Waals surface area contributed by atoms with Crippen molar-refractivity contribution >= 4 is 10.9 Å². The third kappa shape index (κ3) is 3.01. The molecular weight excluding hydrogens is 238 g/mol. The minimum absolute atomic E-state index is 0.708. The van der Waals surface area contributed by atoms with Crippen molar-refractivity contribution in [3.05, 3.63) is 30.6 Å². The molecule has 3 rings (SSSR count). The number of para-hydroxylation sites is 1. The SMILES string of the molecule is c1ccc2c(OCCC3CCNCC3)ncnc2c1. The first-order valence-corrected chi connectivity index (χ1v) is 6.97. The predicted molar refractivity (Wildman–Crippen MR) is 75.2 cm³/mol. The summed E-state index contributed by atoms with van der Waals surface area (Å²) in [5.74, 6) is 1.49. The standard InChI is InChI=1S/C15H19N3O/c1-2-4-14-13(3-1)15(18-11-17-14)19-10-7-12-5-8-16-9-6-12/h1-4,11-12,16H,5-10H2. The third-order valence-corrected chi connectivity index (χ3v) is 3.73. The van der Waals surface area contributed by atoms with Crippen molar-refractivity contribution in [2.45, 2.75) is 19.3 Å². The molecule has 0 spiro atoms. The van der Waals surface area contributed by atoms with Gasteiger partial charge in [0.1, 0.15) is 6.33 Å². The van der Waals surface area contributed by atoms with E-state index >= 15 is 0 Å². The fraction of sp³-hybridized carbons (Fsp3) is 0.467. The van der Waals surface area contributed by atoms with Crippen LogP contribution in [-0.4, -0.2) is 29.7 Å². The summed E-state index contributed by atoms with van der Waals surface area (Å²) in [6, 6.07) is 7.96. The number of piperidine rings is 1. The number of rotatable bonds is 4. The smallest absolute Gasteiger partial charge is 0.224 e. The molecule has 0 aliphatic carbocycles. The summed E-state index contributed by atoms with van der Waals surface area (Å²) >= 11 is 0. The van der Waals surface area contributed by atoms with Crippen molar-refractivity contribution < 1.29 is 4.74 Å². The van der Waals surface area contributed by atoms with Crippen molar-refractivity contribution in [3.63, 3.8) is 0 Å². The summed E-state index contributed by atoms with van der Waals surface area (Å²) in [6.45, 7) is 3.02. The van der Waals surface area contributed by atoms with Gasteiger partial charge in [-0.3, -0.25) is 0 Å². The molecule has 0 atom stereocenters. The number of nitrogens with zero attached hydrogens (tertiary/aromatic N) is 2. The number of ether oxygens (including phenoxy) is 1. The first-order valence-electron chi connectivity index (χ1n) is 6.97. The molecular formula is C15H19N3O. The fourth-order valence-corrected chi connectivity index (χ4v) is 2.59. The number of fused-ring (bicyclic) bond motifs is 1. The summed E-state index contributed by atoms with van der Waals surface area (Å²) in [5.41, 5.74) is 0.939. The van der Waals surface area contributed by atoms with Gasteiger partial charge in [-0.05, 0) is 50.4 Å². The average molecular weight is 257 g/mol. The topological polar surface area (TPSA) is 47.0 Å². The van der Waals surface area contributed by atoms with Crippen LogP contribution in [0.5, 0.6) is 5.88 Å². The average Bonchev–Trinajstić information content (AvgIpc) is 2.49. The second kappa shape index (κ2) is 5.97. The normalized spacial score (nSPS) is 16.6. The molecule has 1 N–H and O–H groups in total. The Morgan fingerprint density at radius 2 is 2.00 bits per heavy atom. The van der Waals surface area contributed by atoms with Gasteiger partial charge < -0.3 is 10.1 Å². The molecule has 1 aromatic carbocycles. The number of hydrogen-bond acceptors (Lipinski definition) is 4. The van der Waals surface area contributed by atoms with Crippen molar-refractivity contribution in [1.29, 1.82) is 0 Å². The number of nitrogens with one attached hydrogen (secondary N) is 1. The first kappa shape index (κ1) is 12.4. The zero-order valence-electron chi connectivity index (χ0n) is 11.0. The van der Waals surface area contributed by atoms with E-state index in [-0.39, 0.29) is 0 Å². The molecule has 1 fully saturated rings. The molecule has 2 heterocycles. The van der Waals surface area contributed by atoms with E-state index in [4.69, 9.17) is 4.74 Å². The molecule has 1 saturated heterocycles. The summed E-state index contributed by atoms with van der Waals surface area (Å²) in [7, 11) is 0. The molecule has 100 valence electrons. The van der Waals surface area contributed by atoms with Crippen LogP contribution in [0.2, 0.25) is 0 Å². The highest BCUT2D eigenvalue weighted by Gasteiger charge is 2.13. The maximum atomic E-state index is 5.85. The Balaban J connectivity index is 1.62. The lowest BCUT2D eigenvalue weighted by molar-refractivity contribution is 0.247. The highest BCUT2D eigenvalue weighted by Crippen LogP contribution is 2.22. The highest BCUT2D eigenvalue weighted by molar-refractivity contribution is 5.82. The Labute approximate surface area is 113 Å². The number of benzene rings is 1. The van der Waals surface area contributed by atoms with Crippen LogP contribution in [0.25, 0.3) is 10.9 Å².